The number of rotatable bonds is 5. The Hall–Kier alpha value is -1.44. The van der Waals surface area contributed by atoms with Crippen LogP contribution >= 0.6 is 0 Å². The minimum absolute atomic E-state index is 0.122. The monoisotopic (exact) mass is 315 g/mol. The molecule has 21 heavy (non-hydrogen) atoms. The quantitative estimate of drug-likeness (QED) is 0.815. The van der Waals surface area contributed by atoms with Crippen molar-refractivity contribution in [1.82, 2.24) is 5.32 Å². The first kappa shape index (κ1) is 17.6. The molecule has 0 saturated heterocycles. The van der Waals surface area contributed by atoms with Crippen LogP contribution in [0.3, 0.4) is 0 Å². The van der Waals surface area contributed by atoms with Gasteiger partial charge in [-0.15, -0.1) is 13.2 Å². The lowest BCUT2D eigenvalue weighted by Crippen LogP contribution is -2.51. The first-order chi connectivity index (χ1) is 9.49. The minimum atomic E-state index is -4.88. The molecule has 1 N–H and O–H groups in total. The van der Waals surface area contributed by atoms with E-state index in [-0.39, 0.29) is 12.1 Å². The fourth-order valence-electron chi connectivity index (χ4n) is 1.73. The summed E-state index contributed by atoms with van der Waals surface area (Å²) in [6, 6.07) is 3.66. The molecule has 1 rings (SSSR count). The van der Waals surface area contributed by atoms with Gasteiger partial charge < -0.3 is 10.1 Å². The summed E-state index contributed by atoms with van der Waals surface area (Å²) < 4.78 is 79.3. The molecule has 0 radical (unpaired) electrons. The highest BCUT2D eigenvalue weighted by Gasteiger charge is 2.51. The molecule has 1 atom stereocenters. The number of benzene rings is 1. The van der Waals surface area contributed by atoms with Gasteiger partial charge in [0.05, 0.1) is 0 Å². The number of alkyl halides is 6. The normalized spacial score (nSPS) is 15.6. The fourth-order valence-corrected chi connectivity index (χ4v) is 1.73. The molecule has 0 fully saturated rings. The summed E-state index contributed by atoms with van der Waals surface area (Å²) in [6.45, 7) is 2.78. The summed E-state index contributed by atoms with van der Waals surface area (Å²) in [6.07, 6.45) is -8.98. The van der Waals surface area contributed by atoms with Crippen LogP contribution in [0.5, 0.6) is 5.75 Å². The highest BCUT2D eigenvalue weighted by Crippen LogP contribution is 2.39. The fraction of sp³-hybridized carbons (Fsp3) is 0.538. The van der Waals surface area contributed by atoms with Crippen LogP contribution in [0, 0.1) is 0 Å². The van der Waals surface area contributed by atoms with Crippen molar-refractivity contribution in [2.24, 2.45) is 0 Å². The van der Waals surface area contributed by atoms with E-state index in [2.05, 4.69) is 10.1 Å². The van der Waals surface area contributed by atoms with Crippen molar-refractivity contribution >= 4 is 0 Å². The Morgan fingerprint density at radius 3 is 1.90 bits per heavy atom. The molecule has 0 spiro atoms. The third-order valence-electron chi connectivity index (χ3n) is 2.96. The van der Waals surface area contributed by atoms with Gasteiger partial charge in [-0.05, 0) is 37.6 Å². The predicted octanol–water partition coefficient (Wildman–Crippen LogP) is 4.36. The number of ether oxygens (including phenoxy) is 1. The molecule has 0 aromatic heterocycles. The maximum Gasteiger partial charge on any atom is 0.573 e. The third kappa shape index (κ3) is 4.52. The van der Waals surface area contributed by atoms with Gasteiger partial charge in [0.2, 0.25) is 0 Å². The molecule has 8 heteroatoms. The Labute approximate surface area is 118 Å². The number of hydrogen-bond acceptors (Lipinski definition) is 2. The van der Waals surface area contributed by atoms with E-state index in [1.54, 1.807) is 6.92 Å². The van der Waals surface area contributed by atoms with Gasteiger partial charge >= 0.3 is 12.5 Å². The van der Waals surface area contributed by atoms with Gasteiger partial charge in [0.1, 0.15) is 11.3 Å². The van der Waals surface area contributed by atoms with Crippen LogP contribution in [0.2, 0.25) is 0 Å². The lowest BCUT2D eigenvalue weighted by atomic mass is 9.91. The Morgan fingerprint density at radius 1 is 1.00 bits per heavy atom. The van der Waals surface area contributed by atoms with Gasteiger partial charge in [-0.2, -0.15) is 13.2 Å². The van der Waals surface area contributed by atoms with Gasteiger partial charge in [0.15, 0.2) is 0 Å². The lowest BCUT2D eigenvalue weighted by Gasteiger charge is -2.33. The van der Waals surface area contributed by atoms with E-state index < -0.39 is 23.8 Å². The van der Waals surface area contributed by atoms with Gasteiger partial charge in [-0.25, -0.2) is 0 Å². The van der Waals surface area contributed by atoms with Crippen molar-refractivity contribution < 1.29 is 31.1 Å². The van der Waals surface area contributed by atoms with Crippen molar-refractivity contribution in [2.75, 3.05) is 6.54 Å². The molecular formula is C13H15F6NO. The van der Waals surface area contributed by atoms with E-state index in [0.29, 0.717) is 6.42 Å². The molecule has 0 heterocycles. The molecule has 0 amide bonds. The maximum atomic E-state index is 13.2. The van der Waals surface area contributed by atoms with E-state index in [0.717, 1.165) is 31.2 Å². The highest BCUT2D eigenvalue weighted by atomic mass is 19.4. The van der Waals surface area contributed by atoms with Gasteiger partial charge in [-0.1, -0.05) is 19.1 Å². The highest BCUT2D eigenvalue weighted by molar-refractivity contribution is 5.33. The summed E-state index contributed by atoms with van der Waals surface area (Å²) in [4.78, 5) is 0. The molecule has 1 unspecified atom stereocenters. The van der Waals surface area contributed by atoms with Crippen molar-refractivity contribution in [3.05, 3.63) is 29.8 Å². The van der Waals surface area contributed by atoms with Gasteiger partial charge in [0.25, 0.3) is 0 Å². The topological polar surface area (TPSA) is 21.3 Å². The summed E-state index contributed by atoms with van der Waals surface area (Å²) in [7, 11) is 0. The molecule has 0 bridgehead atoms. The first-order valence-electron chi connectivity index (χ1n) is 6.17. The second-order valence-electron chi connectivity index (χ2n) is 4.62. The van der Waals surface area contributed by atoms with E-state index in [1.807, 2.05) is 0 Å². The van der Waals surface area contributed by atoms with Crippen LogP contribution in [0.25, 0.3) is 0 Å². The lowest BCUT2D eigenvalue weighted by molar-refractivity contribution is -0.274. The van der Waals surface area contributed by atoms with Crippen molar-refractivity contribution in [3.8, 4) is 5.75 Å². The molecule has 0 aliphatic heterocycles. The minimum Gasteiger partial charge on any atom is -0.406 e. The zero-order valence-corrected chi connectivity index (χ0v) is 11.4. The summed E-state index contributed by atoms with van der Waals surface area (Å²) in [5.41, 5.74) is -2.52. The van der Waals surface area contributed by atoms with Crippen molar-refractivity contribution in [2.45, 2.75) is 38.3 Å². The van der Waals surface area contributed by atoms with E-state index >= 15 is 0 Å². The second kappa shape index (κ2) is 6.13. The Morgan fingerprint density at radius 2 is 1.52 bits per heavy atom. The largest absolute Gasteiger partial charge is 0.573 e. The van der Waals surface area contributed by atoms with E-state index in [9.17, 15) is 26.3 Å². The summed E-state index contributed by atoms with van der Waals surface area (Å²) in [5, 5.41) is 2.38. The van der Waals surface area contributed by atoms with Crippen molar-refractivity contribution in [3.63, 3.8) is 0 Å². The third-order valence-corrected chi connectivity index (χ3v) is 2.96. The average molecular weight is 315 g/mol. The van der Waals surface area contributed by atoms with Crippen LogP contribution < -0.4 is 10.1 Å². The molecule has 120 valence electrons. The molecule has 0 aliphatic carbocycles. The van der Waals surface area contributed by atoms with E-state index in [1.165, 1.54) is 0 Å². The Balaban J connectivity index is 3.05. The van der Waals surface area contributed by atoms with Crippen LogP contribution in [-0.2, 0) is 5.54 Å². The molecule has 1 aromatic rings. The van der Waals surface area contributed by atoms with Crippen LogP contribution in [-0.4, -0.2) is 19.1 Å². The van der Waals surface area contributed by atoms with Crippen molar-refractivity contribution in [1.29, 1.82) is 0 Å². The zero-order valence-electron chi connectivity index (χ0n) is 11.4. The van der Waals surface area contributed by atoms with E-state index in [4.69, 9.17) is 0 Å². The maximum absolute atomic E-state index is 13.2. The number of halogens is 6. The smallest absolute Gasteiger partial charge is 0.406 e. The number of nitrogens with one attached hydrogen (secondary N) is 1. The van der Waals surface area contributed by atoms with Crippen LogP contribution in [0.15, 0.2) is 24.3 Å². The molecule has 0 aliphatic rings. The first-order valence-corrected chi connectivity index (χ1v) is 6.17. The Kier molecular flexibility index (Phi) is 5.14. The molecule has 1 aromatic carbocycles. The second-order valence-corrected chi connectivity index (χ2v) is 4.62. The molecular weight excluding hydrogens is 300 g/mol. The summed E-state index contributed by atoms with van der Waals surface area (Å²) in [5.74, 6) is -0.564. The molecule has 2 nitrogen and oxygen atoms in total. The van der Waals surface area contributed by atoms with Gasteiger partial charge in [0, 0.05) is 0 Å². The van der Waals surface area contributed by atoms with Gasteiger partial charge in [-0.3, -0.25) is 0 Å². The summed E-state index contributed by atoms with van der Waals surface area (Å²) >= 11 is 0. The number of hydrogen-bond donors (Lipinski definition) is 1. The zero-order chi connectivity index (χ0) is 16.3. The standard InChI is InChI=1S/C13H15F6NO/c1-3-8-20-11(2,12(14,15)16)9-4-6-10(7-5-9)21-13(17,18)19/h4-7,20H,3,8H2,1-2H3. The molecule has 0 saturated carbocycles. The predicted molar refractivity (Wildman–Crippen MR) is 64.8 cm³/mol. The van der Waals surface area contributed by atoms with Crippen LogP contribution in [0.4, 0.5) is 26.3 Å². The SMILES string of the molecule is CCCNC(C)(c1ccc(OC(F)(F)F)cc1)C(F)(F)F. The average Bonchev–Trinajstić information content (AvgIpc) is 2.33. The van der Waals surface area contributed by atoms with Crippen LogP contribution in [0.1, 0.15) is 25.8 Å². The Bertz CT molecular complexity index is 453.